The lowest BCUT2D eigenvalue weighted by atomic mass is 9.72. The van der Waals surface area contributed by atoms with E-state index in [4.69, 9.17) is 0 Å². The molecule has 0 heterocycles. The molecule has 11 heteroatoms. The van der Waals surface area contributed by atoms with Crippen LogP contribution in [-0.2, 0) is 93.0 Å². The highest BCUT2D eigenvalue weighted by atomic mass is 31.2. The van der Waals surface area contributed by atoms with Crippen LogP contribution in [0.25, 0.3) is 0 Å². The Morgan fingerprint density at radius 1 is 0.288 bits per heavy atom. The van der Waals surface area contributed by atoms with E-state index in [1.165, 1.54) is 22.3 Å². The van der Waals surface area contributed by atoms with Crippen LogP contribution in [0.1, 0.15) is 457 Å². The van der Waals surface area contributed by atoms with Crippen molar-refractivity contribution in [2.45, 2.75) is 406 Å². The smallest absolute Gasteiger partial charge is 0.229 e. The minimum Gasteiger partial charge on any atom is -0.307 e. The minimum absolute atomic E-state index is 0.0506. The Balaban J connectivity index is 0.000000399. The van der Waals surface area contributed by atoms with E-state index in [0.29, 0.717) is 70.3 Å². The number of hydrogen-bond donors (Lipinski definition) is 0. The van der Waals surface area contributed by atoms with E-state index >= 15 is 28.3 Å². The highest BCUT2D eigenvalue weighted by Crippen LogP contribution is 2.59. The second-order valence-electron chi connectivity index (χ2n) is 46.9. The summed E-state index contributed by atoms with van der Waals surface area (Å²) >= 11 is 0. The molecule has 0 aromatic heterocycles. The third-order valence-corrected chi connectivity index (χ3v) is 31.9. The standard InChI is InChI=1S/2C42H67O3P.C30H43O2P/c1-26(2)15-33-21-35(17-28(5)6)39(36(22-33)18-29(7)8)41(43)46(45,25-32(13)14)42(44)40-37(19-30(9)10)23-34(16-27(3)4)24-38(40)20-31(11)12;1-20-21-22-46(45,35(43)33-29(39(8,9)10)23-27(37(2,3)4)24-30(33)40(11,12)13)36(44)34-31(41(14,15)16)25-28(38(5,6)7)26-32(34)42(17,18)19;1-9-11-13-25-15-21(5)27(22(6)16-25)29(31)33(19-20(3)4)30(32)28-23(7)17-26(14-12-10-2)18-24(28)8/h21-24,26-32H,15-20,25H2,1-14H3;23-26H,20-22H2,1-19H3;15-18,20H,9-14,19H2,1-8H3. The van der Waals surface area contributed by atoms with Crippen molar-refractivity contribution in [1.82, 2.24) is 0 Å². The van der Waals surface area contributed by atoms with Gasteiger partial charge < -0.3 is 9.13 Å². The molecule has 0 aliphatic rings. The summed E-state index contributed by atoms with van der Waals surface area (Å²) in [5.74, 6) is 2.45. The van der Waals surface area contributed by atoms with Gasteiger partial charge in [-0.3, -0.25) is 28.8 Å². The van der Waals surface area contributed by atoms with Crippen LogP contribution in [0.3, 0.4) is 0 Å². The zero-order valence-corrected chi connectivity index (χ0v) is 89.9. The van der Waals surface area contributed by atoms with Gasteiger partial charge in [-0.15, -0.1) is 0 Å². The summed E-state index contributed by atoms with van der Waals surface area (Å²) in [5, 5.41) is 0. The van der Waals surface area contributed by atoms with Gasteiger partial charge in [0.2, 0.25) is 36.4 Å². The van der Waals surface area contributed by atoms with Crippen LogP contribution in [0.4, 0.5) is 0 Å². The fraction of sp³-hybridized carbons (Fsp3) is 0.632. The molecule has 125 heavy (non-hydrogen) atoms. The molecule has 0 atom stereocenters. The number of carbonyl (C=O) groups is 6. The average Bonchev–Trinajstić information content (AvgIpc) is 0.727. The summed E-state index contributed by atoms with van der Waals surface area (Å²) < 4.78 is 31.4. The Morgan fingerprint density at radius 2 is 0.536 bits per heavy atom. The highest BCUT2D eigenvalue weighted by Gasteiger charge is 2.49. The maximum absolute atomic E-state index is 15.8. The predicted octanol–water partition coefficient (Wildman–Crippen LogP) is 33.2. The van der Waals surface area contributed by atoms with Crippen molar-refractivity contribution in [3.05, 3.63) is 206 Å². The van der Waals surface area contributed by atoms with E-state index in [-0.39, 0.29) is 46.0 Å². The van der Waals surface area contributed by atoms with Gasteiger partial charge in [0.1, 0.15) is 0 Å². The number of aryl methyl sites for hydroxylation is 6. The topological polar surface area (TPSA) is 137 Å². The monoisotopic (exact) mass is 1770 g/mol. The zero-order valence-electron chi connectivity index (χ0n) is 87.2. The van der Waals surface area contributed by atoms with Gasteiger partial charge in [-0.1, -0.05) is 348 Å². The van der Waals surface area contributed by atoms with Gasteiger partial charge in [-0.05, 0) is 284 Å². The lowest BCUT2D eigenvalue weighted by Crippen LogP contribution is -2.30. The van der Waals surface area contributed by atoms with Gasteiger partial charge in [0.15, 0.2) is 11.0 Å². The molecule has 696 valence electrons. The second kappa shape index (κ2) is 45.9. The van der Waals surface area contributed by atoms with Gasteiger partial charge in [0.05, 0.1) is 0 Å². The van der Waals surface area contributed by atoms with Crippen molar-refractivity contribution >= 4 is 55.4 Å². The molecule has 0 N–H and O–H groups in total. The molecule has 6 aromatic rings. The van der Waals surface area contributed by atoms with Crippen molar-refractivity contribution in [2.24, 2.45) is 47.3 Å². The fourth-order valence-electron chi connectivity index (χ4n) is 17.7. The Hall–Kier alpha value is -5.77. The molecule has 8 nitrogen and oxygen atoms in total. The number of benzene rings is 6. The summed E-state index contributed by atoms with van der Waals surface area (Å²) in [5.41, 5.74) is 18.7. The lowest BCUT2D eigenvalue weighted by molar-refractivity contribution is 0.102. The molecule has 0 saturated carbocycles. The first-order chi connectivity index (χ1) is 57.1. The summed E-state index contributed by atoms with van der Waals surface area (Å²) in [6.45, 7) is 87.3. The van der Waals surface area contributed by atoms with Gasteiger partial charge in [0, 0.05) is 53.6 Å². The Bertz CT molecular complexity index is 4360. The van der Waals surface area contributed by atoms with Crippen LogP contribution < -0.4 is 0 Å². The van der Waals surface area contributed by atoms with E-state index in [1.54, 1.807) is 0 Å². The summed E-state index contributed by atoms with van der Waals surface area (Å²) in [6, 6.07) is 25.9. The third-order valence-electron chi connectivity index (χ3n) is 23.7. The first-order valence-corrected chi connectivity index (χ1v) is 53.6. The molecule has 0 spiro atoms. The van der Waals surface area contributed by atoms with Gasteiger partial charge >= 0.3 is 0 Å². The first kappa shape index (κ1) is 112. The molecule has 6 rings (SSSR count). The quantitative estimate of drug-likeness (QED) is 0.0352. The van der Waals surface area contributed by atoms with Crippen molar-refractivity contribution in [3.63, 3.8) is 0 Å². The summed E-state index contributed by atoms with van der Waals surface area (Å²) in [4.78, 5) is 88.8. The van der Waals surface area contributed by atoms with E-state index in [0.717, 1.165) is 172 Å². The van der Waals surface area contributed by atoms with E-state index in [1.807, 2.05) is 48.5 Å². The maximum Gasteiger partial charge on any atom is 0.229 e. The first-order valence-electron chi connectivity index (χ1n) is 48.3. The molecule has 0 unspecified atom stereocenters. The van der Waals surface area contributed by atoms with Crippen molar-refractivity contribution in [1.29, 1.82) is 0 Å². The molecular weight excluding hydrogens is 1590 g/mol. The Labute approximate surface area is 766 Å². The summed E-state index contributed by atoms with van der Waals surface area (Å²) in [7, 11) is -9.64. The van der Waals surface area contributed by atoms with E-state index in [2.05, 4.69) is 308 Å². The van der Waals surface area contributed by atoms with Crippen LogP contribution in [-0.4, -0.2) is 51.6 Å². The highest BCUT2D eigenvalue weighted by molar-refractivity contribution is 7.96. The van der Waals surface area contributed by atoms with E-state index < -0.39 is 66.0 Å². The van der Waals surface area contributed by atoms with Gasteiger partial charge in [0.25, 0.3) is 0 Å². The SMILES string of the molecule is CC(C)Cc1cc(CC(C)C)c(C(=O)P(=O)(CC(C)C)C(=O)c2c(CC(C)C)cc(CC(C)C)cc2CC(C)C)c(CC(C)C)c1.CCCCP(=O)(C(=O)c1c(C(C)(C)C)cc(C(C)(C)C)cc1C(C)(C)C)C(=O)c1c(C(C)(C)C)cc(C(C)(C)C)cc1C(C)(C)C.CCCCc1cc(C)c(C(=O)P(CC(C)C)C(=O)c2c(C)cc(CCCC)cc2C)c(C)c1. The van der Waals surface area contributed by atoms with E-state index in [9.17, 15) is 9.59 Å². The maximum atomic E-state index is 15.8. The van der Waals surface area contributed by atoms with Gasteiger partial charge in [-0.25, -0.2) is 0 Å². The average molecular weight is 1770 g/mol. The summed E-state index contributed by atoms with van der Waals surface area (Å²) in [6.07, 6.45) is 13.5. The molecule has 0 saturated heterocycles. The molecular formula is C114H177O8P3. The predicted molar refractivity (Wildman–Crippen MR) is 546 cm³/mol. The van der Waals surface area contributed by atoms with Crippen molar-refractivity contribution in [2.75, 3.05) is 18.5 Å². The fourth-order valence-corrected chi connectivity index (χ4v) is 25.6. The van der Waals surface area contributed by atoms with Crippen LogP contribution >= 0.6 is 22.2 Å². The Kier molecular flexibility index (Phi) is 40.9. The number of hydrogen-bond acceptors (Lipinski definition) is 8. The molecule has 0 amide bonds. The molecule has 0 bridgehead atoms. The molecule has 0 fully saturated rings. The number of rotatable bonds is 37. The van der Waals surface area contributed by atoms with Crippen LogP contribution in [0.5, 0.6) is 0 Å². The normalized spacial score (nSPS) is 12.8. The van der Waals surface area contributed by atoms with Crippen LogP contribution in [0.2, 0.25) is 0 Å². The van der Waals surface area contributed by atoms with Crippen LogP contribution in [0, 0.1) is 75.0 Å². The second-order valence-corrected chi connectivity index (χ2v) is 54.4. The Morgan fingerprint density at radius 3 is 0.744 bits per heavy atom. The largest absolute Gasteiger partial charge is 0.307 e. The third kappa shape index (κ3) is 30.7. The van der Waals surface area contributed by atoms with Crippen molar-refractivity contribution < 1.29 is 37.9 Å². The zero-order chi connectivity index (χ0) is 96.0. The molecule has 0 radical (unpaired) electrons. The number of carbonyl (C=O) groups excluding carboxylic acids is 6. The number of unbranched alkanes of at least 4 members (excludes halogenated alkanes) is 3. The molecule has 6 aromatic carbocycles. The van der Waals surface area contributed by atoms with Crippen LogP contribution in [0.15, 0.2) is 72.8 Å². The minimum atomic E-state index is -4.14. The van der Waals surface area contributed by atoms with Crippen molar-refractivity contribution in [3.8, 4) is 0 Å². The molecule has 0 aliphatic carbocycles. The molecule has 0 aliphatic heterocycles. The van der Waals surface area contributed by atoms with Gasteiger partial charge in [-0.2, -0.15) is 0 Å². The lowest BCUT2D eigenvalue weighted by Gasteiger charge is -2.35.